The van der Waals surface area contributed by atoms with Crippen LogP contribution >= 0.6 is 0 Å². The first kappa shape index (κ1) is 39.1. The fourth-order valence-electron chi connectivity index (χ4n) is 9.06. The van der Waals surface area contributed by atoms with E-state index in [1.807, 2.05) is 41.5 Å². The van der Waals surface area contributed by atoms with Gasteiger partial charge in [-0.05, 0) is 154 Å². The Bertz CT molecular complexity index is 3270. The normalized spacial score (nSPS) is 12.5. The van der Waals surface area contributed by atoms with E-state index in [9.17, 15) is 0 Å². The summed E-state index contributed by atoms with van der Waals surface area (Å²) in [4.78, 5) is 4.84. The SMILES string of the molecule is Cc1ccc(-c2ccc(-c3ccccc3-c3cc(CCc4ccc(N5C=CCN5)cc4)cc(CCc4ccc(-n5cccn5)cc4)c3)c(-c3ccc4c(c3)oc3ccccc34)c2)nc1. The van der Waals surface area contributed by atoms with Crippen molar-refractivity contribution in [1.29, 1.82) is 0 Å². The number of rotatable bonds is 12. The molecule has 64 heavy (non-hydrogen) atoms. The van der Waals surface area contributed by atoms with E-state index in [-0.39, 0.29) is 0 Å². The van der Waals surface area contributed by atoms with Crippen LogP contribution in [0.15, 0.2) is 205 Å². The number of nitrogens with one attached hydrogen (secondary N) is 1. The summed E-state index contributed by atoms with van der Waals surface area (Å²) < 4.78 is 8.35. The zero-order chi connectivity index (χ0) is 42.8. The minimum absolute atomic E-state index is 0.857. The first-order valence-electron chi connectivity index (χ1n) is 22.2. The number of aryl methyl sites for hydroxylation is 5. The van der Waals surface area contributed by atoms with Crippen molar-refractivity contribution in [1.82, 2.24) is 20.2 Å². The largest absolute Gasteiger partial charge is 0.456 e. The van der Waals surface area contributed by atoms with Crippen molar-refractivity contribution in [2.45, 2.75) is 32.6 Å². The smallest absolute Gasteiger partial charge is 0.136 e. The predicted octanol–water partition coefficient (Wildman–Crippen LogP) is 13.6. The van der Waals surface area contributed by atoms with Crippen LogP contribution in [0.5, 0.6) is 0 Å². The molecule has 0 amide bonds. The van der Waals surface area contributed by atoms with Crippen molar-refractivity contribution in [2.75, 3.05) is 11.6 Å². The third-order valence-electron chi connectivity index (χ3n) is 12.5. The molecule has 310 valence electrons. The van der Waals surface area contributed by atoms with Crippen LogP contribution in [0, 0.1) is 6.92 Å². The molecule has 0 atom stereocenters. The van der Waals surface area contributed by atoms with Gasteiger partial charge in [0.1, 0.15) is 11.2 Å². The van der Waals surface area contributed by atoms with Crippen LogP contribution < -0.4 is 10.4 Å². The second kappa shape index (κ2) is 17.2. The van der Waals surface area contributed by atoms with Gasteiger partial charge in [-0.25, -0.2) is 10.1 Å². The number of hydrogen-bond acceptors (Lipinski definition) is 5. The van der Waals surface area contributed by atoms with Gasteiger partial charge < -0.3 is 4.42 Å². The van der Waals surface area contributed by atoms with E-state index in [0.717, 1.165) is 99.1 Å². The molecule has 0 saturated carbocycles. The number of pyridine rings is 1. The van der Waals surface area contributed by atoms with Gasteiger partial charge in [-0.2, -0.15) is 5.10 Å². The summed E-state index contributed by atoms with van der Waals surface area (Å²) in [6, 6.07) is 61.8. The molecule has 7 aromatic carbocycles. The zero-order valence-electron chi connectivity index (χ0n) is 35.8. The summed E-state index contributed by atoms with van der Waals surface area (Å²) in [5.41, 5.74) is 22.8. The van der Waals surface area contributed by atoms with Crippen LogP contribution in [-0.2, 0) is 25.7 Å². The summed E-state index contributed by atoms with van der Waals surface area (Å²) in [6.45, 7) is 2.93. The van der Waals surface area contributed by atoms with Gasteiger partial charge in [-0.15, -0.1) is 0 Å². The molecule has 0 radical (unpaired) electrons. The van der Waals surface area contributed by atoms with Gasteiger partial charge in [0.05, 0.1) is 17.1 Å². The third-order valence-corrected chi connectivity index (χ3v) is 12.5. The zero-order valence-corrected chi connectivity index (χ0v) is 35.8. The van der Waals surface area contributed by atoms with Gasteiger partial charge in [0, 0.05) is 47.7 Å². The number of hydrazine groups is 1. The number of furan rings is 1. The van der Waals surface area contributed by atoms with Crippen molar-refractivity contribution in [3.8, 4) is 50.3 Å². The molecule has 0 aliphatic carbocycles. The summed E-state index contributed by atoms with van der Waals surface area (Å²) >= 11 is 0. The molecule has 3 aromatic heterocycles. The minimum Gasteiger partial charge on any atom is -0.456 e. The van der Waals surface area contributed by atoms with Crippen LogP contribution in [0.1, 0.15) is 27.8 Å². The number of para-hydroxylation sites is 1. The summed E-state index contributed by atoms with van der Waals surface area (Å²) in [5.74, 6) is 0. The highest BCUT2D eigenvalue weighted by molar-refractivity contribution is 6.06. The van der Waals surface area contributed by atoms with E-state index in [0.29, 0.717) is 0 Å². The second-order valence-electron chi connectivity index (χ2n) is 16.8. The highest BCUT2D eigenvalue weighted by Crippen LogP contribution is 2.42. The van der Waals surface area contributed by atoms with E-state index >= 15 is 0 Å². The van der Waals surface area contributed by atoms with Gasteiger partial charge in [0.2, 0.25) is 0 Å². The Morgan fingerprint density at radius 2 is 1.22 bits per heavy atom. The average Bonchev–Trinajstić information content (AvgIpc) is 4.16. The Morgan fingerprint density at radius 3 is 1.94 bits per heavy atom. The summed E-state index contributed by atoms with van der Waals surface area (Å²) in [5, 5.41) is 8.74. The molecule has 0 bridgehead atoms. The van der Waals surface area contributed by atoms with Crippen molar-refractivity contribution >= 4 is 27.6 Å². The lowest BCUT2D eigenvalue weighted by molar-refractivity contribution is 0.669. The maximum atomic E-state index is 6.45. The van der Waals surface area contributed by atoms with E-state index in [4.69, 9.17) is 9.40 Å². The molecule has 1 N–H and O–H groups in total. The molecular weight excluding hydrogens is 783 g/mol. The standard InChI is InChI=1S/C58H47N5O/c1-40-12-29-56(59-39-40)46-22-27-52(55(37-46)45-21-28-54-53-10-4-5-11-57(53)64-58(54)38-45)51-9-3-2-8-50(51)47-35-43(15-13-41-17-23-48(24-18-41)62-32-6-30-60-62)34-44(36-47)16-14-42-19-25-49(26-20-42)63-33-7-31-61-63/h2-12,17-30,32-39,61H,13-16,31H2,1H3. The van der Waals surface area contributed by atoms with E-state index in [1.165, 1.54) is 38.9 Å². The number of hydrogen-bond donors (Lipinski definition) is 1. The summed E-state index contributed by atoms with van der Waals surface area (Å²) in [7, 11) is 0. The highest BCUT2D eigenvalue weighted by Gasteiger charge is 2.18. The Balaban J connectivity index is 0.979. The molecule has 0 fully saturated rings. The van der Waals surface area contributed by atoms with Crippen LogP contribution in [0.2, 0.25) is 0 Å². The molecule has 4 heterocycles. The fourth-order valence-corrected chi connectivity index (χ4v) is 9.06. The van der Waals surface area contributed by atoms with Crippen molar-refractivity contribution in [3.63, 3.8) is 0 Å². The lowest BCUT2D eigenvalue weighted by atomic mass is 9.86. The van der Waals surface area contributed by atoms with Gasteiger partial charge in [0.25, 0.3) is 0 Å². The highest BCUT2D eigenvalue weighted by atomic mass is 16.3. The van der Waals surface area contributed by atoms with Gasteiger partial charge in [-0.1, -0.05) is 115 Å². The maximum absolute atomic E-state index is 6.45. The minimum atomic E-state index is 0.857. The fraction of sp³-hybridized carbons (Fsp3) is 0.103. The topological polar surface area (TPSA) is 59.1 Å². The van der Waals surface area contributed by atoms with E-state index in [1.54, 1.807) is 0 Å². The molecule has 1 aliphatic rings. The first-order chi connectivity index (χ1) is 31.6. The quantitative estimate of drug-likeness (QED) is 0.133. The molecule has 6 heteroatoms. The Hall–Kier alpha value is -7.80. The number of aromatic nitrogens is 3. The Kier molecular flexibility index (Phi) is 10.5. The third kappa shape index (κ3) is 8.03. The van der Waals surface area contributed by atoms with E-state index < -0.39 is 0 Å². The van der Waals surface area contributed by atoms with Crippen LogP contribution in [0.4, 0.5) is 5.69 Å². The summed E-state index contributed by atoms with van der Waals surface area (Å²) in [6.07, 6.45) is 13.7. The number of fused-ring (bicyclic) bond motifs is 3. The van der Waals surface area contributed by atoms with Crippen LogP contribution in [0.3, 0.4) is 0 Å². The molecule has 10 aromatic rings. The molecule has 1 aliphatic heterocycles. The lowest BCUT2D eigenvalue weighted by Crippen LogP contribution is -2.27. The van der Waals surface area contributed by atoms with Crippen molar-refractivity contribution < 1.29 is 4.42 Å². The second-order valence-corrected chi connectivity index (χ2v) is 16.8. The Morgan fingerprint density at radius 1 is 0.531 bits per heavy atom. The average molecular weight is 830 g/mol. The van der Waals surface area contributed by atoms with Gasteiger partial charge in [0.15, 0.2) is 0 Å². The van der Waals surface area contributed by atoms with Crippen LogP contribution in [-0.4, -0.2) is 21.3 Å². The van der Waals surface area contributed by atoms with E-state index in [2.05, 4.69) is 186 Å². The molecular formula is C58H47N5O. The maximum Gasteiger partial charge on any atom is 0.136 e. The molecule has 0 spiro atoms. The Labute approximate surface area is 373 Å². The van der Waals surface area contributed by atoms with Crippen LogP contribution in [0.25, 0.3) is 72.3 Å². The van der Waals surface area contributed by atoms with Crippen molar-refractivity contribution in [3.05, 3.63) is 229 Å². The number of nitrogens with zero attached hydrogens (tertiary/aromatic N) is 4. The number of benzene rings is 7. The van der Waals surface area contributed by atoms with Gasteiger partial charge in [-0.3, -0.25) is 9.99 Å². The lowest BCUT2D eigenvalue weighted by Gasteiger charge is -2.18. The molecule has 11 rings (SSSR count). The molecule has 0 unspecified atom stereocenters. The van der Waals surface area contributed by atoms with Gasteiger partial charge >= 0.3 is 0 Å². The molecule has 0 saturated heterocycles. The predicted molar refractivity (Wildman–Crippen MR) is 262 cm³/mol. The number of anilines is 1. The first-order valence-corrected chi connectivity index (χ1v) is 22.2. The monoisotopic (exact) mass is 829 g/mol. The molecule has 6 nitrogen and oxygen atoms in total. The van der Waals surface area contributed by atoms with Crippen molar-refractivity contribution in [2.24, 2.45) is 0 Å².